The molecular weight excluding hydrogens is 136 g/mol. The minimum atomic E-state index is 0.232. The lowest BCUT2D eigenvalue weighted by Crippen LogP contribution is -2.25. The number of benzene rings is 1. The van der Waals surface area contributed by atoms with Crippen molar-refractivity contribution in [2.24, 2.45) is 5.84 Å². The quantitative estimate of drug-likeness (QED) is 0.495. The van der Waals surface area contributed by atoms with Crippen LogP contribution in [0.25, 0.3) is 0 Å². The highest BCUT2D eigenvalue weighted by molar-refractivity contribution is 5.23. The molecule has 1 rings (SSSR count). The van der Waals surface area contributed by atoms with Crippen LogP contribution in [0, 0.1) is 6.92 Å². The Morgan fingerprint density at radius 3 is 2.27 bits per heavy atom. The Hall–Kier alpha value is -0.860. The number of nitrogens with two attached hydrogens (primary N) is 1. The summed E-state index contributed by atoms with van der Waals surface area (Å²) < 4.78 is 0. The number of hydrogen-bond acceptors (Lipinski definition) is 2. The third-order valence-corrected chi connectivity index (χ3v) is 1.83. The van der Waals surface area contributed by atoms with Crippen LogP contribution < -0.4 is 11.3 Å². The molecular formula is C9H14N2. The number of hydrazine groups is 1. The first-order valence-electron chi connectivity index (χ1n) is 3.76. The fourth-order valence-electron chi connectivity index (χ4n) is 0.951. The third kappa shape index (κ3) is 2.03. The molecule has 0 aliphatic rings. The summed E-state index contributed by atoms with van der Waals surface area (Å²) in [5.74, 6) is 5.29. The SMILES string of the molecule is Cc1ccc(C(C)NN)cc1. The van der Waals surface area contributed by atoms with Crippen LogP contribution in [0.5, 0.6) is 0 Å². The number of aryl methyl sites for hydroxylation is 1. The molecule has 1 atom stereocenters. The van der Waals surface area contributed by atoms with Crippen LogP contribution in [-0.2, 0) is 0 Å². The minimum Gasteiger partial charge on any atom is -0.271 e. The van der Waals surface area contributed by atoms with Crippen molar-refractivity contribution in [3.8, 4) is 0 Å². The van der Waals surface area contributed by atoms with Gasteiger partial charge in [0.15, 0.2) is 0 Å². The second-order valence-electron chi connectivity index (χ2n) is 2.80. The van der Waals surface area contributed by atoms with Crippen molar-refractivity contribution in [1.29, 1.82) is 0 Å². The van der Waals surface area contributed by atoms with Gasteiger partial charge in [0.25, 0.3) is 0 Å². The van der Waals surface area contributed by atoms with Crippen LogP contribution >= 0.6 is 0 Å². The Bertz CT molecular complexity index is 216. The summed E-state index contributed by atoms with van der Waals surface area (Å²) >= 11 is 0. The van der Waals surface area contributed by atoms with Crippen LogP contribution in [0.2, 0.25) is 0 Å². The third-order valence-electron chi connectivity index (χ3n) is 1.83. The van der Waals surface area contributed by atoms with E-state index in [1.165, 1.54) is 11.1 Å². The lowest BCUT2D eigenvalue weighted by molar-refractivity contribution is 0.602. The Balaban J connectivity index is 2.81. The van der Waals surface area contributed by atoms with Crippen molar-refractivity contribution in [2.75, 3.05) is 0 Å². The molecule has 0 aromatic heterocycles. The zero-order valence-corrected chi connectivity index (χ0v) is 6.96. The second-order valence-corrected chi connectivity index (χ2v) is 2.80. The molecule has 1 aromatic rings. The van der Waals surface area contributed by atoms with Crippen LogP contribution in [0.3, 0.4) is 0 Å². The molecule has 0 heterocycles. The van der Waals surface area contributed by atoms with Gasteiger partial charge >= 0.3 is 0 Å². The molecule has 0 amide bonds. The normalized spacial score (nSPS) is 13.0. The summed E-state index contributed by atoms with van der Waals surface area (Å²) in [4.78, 5) is 0. The molecule has 1 aromatic carbocycles. The molecule has 0 saturated carbocycles. The van der Waals surface area contributed by atoms with Crippen molar-refractivity contribution in [1.82, 2.24) is 5.43 Å². The number of hydrogen-bond donors (Lipinski definition) is 2. The molecule has 0 aliphatic carbocycles. The molecule has 0 spiro atoms. The molecule has 0 fully saturated rings. The first-order valence-corrected chi connectivity index (χ1v) is 3.76. The van der Waals surface area contributed by atoms with Crippen LogP contribution in [0.15, 0.2) is 24.3 Å². The minimum absolute atomic E-state index is 0.232. The van der Waals surface area contributed by atoms with Crippen molar-refractivity contribution in [3.63, 3.8) is 0 Å². The molecule has 1 unspecified atom stereocenters. The lowest BCUT2D eigenvalue weighted by atomic mass is 10.1. The molecule has 0 aliphatic heterocycles. The van der Waals surface area contributed by atoms with Gasteiger partial charge in [-0.3, -0.25) is 11.3 Å². The van der Waals surface area contributed by atoms with E-state index in [0.29, 0.717) is 0 Å². The molecule has 11 heavy (non-hydrogen) atoms. The Labute approximate surface area is 67.4 Å². The van der Waals surface area contributed by atoms with E-state index in [4.69, 9.17) is 5.84 Å². The summed E-state index contributed by atoms with van der Waals surface area (Å²) in [5.41, 5.74) is 5.20. The summed E-state index contributed by atoms with van der Waals surface area (Å²) in [6.45, 7) is 4.11. The second kappa shape index (κ2) is 3.51. The molecule has 2 nitrogen and oxygen atoms in total. The van der Waals surface area contributed by atoms with E-state index in [1.807, 2.05) is 6.92 Å². The van der Waals surface area contributed by atoms with Crippen molar-refractivity contribution in [2.45, 2.75) is 19.9 Å². The summed E-state index contributed by atoms with van der Waals surface area (Å²) in [7, 11) is 0. The van der Waals surface area contributed by atoms with Crippen molar-refractivity contribution < 1.29 is 0 Å². The fraction of sp³-hybridized carbons (Fsp3) is 0.333. The first kappa shape index (κ1) is 8.24. The molecule has 0 radical (unpaired) electrons. The van der Waals surface area contributed by atoms with E-state index in [1.54, 1.807) is 0 Å². The van der Waals surface area contributed by atoms with E-state index in [2.05, 4.69) is 36.6 Å². The summed E-state index contributed by atoms with van der Waals surface area (Å²) in [6.07, 6.45) is 0. The fourth-order valence-corrected chi connectivity index (χ4v) is 0.951. The smallest absolute Gasteiger partial charge is 0.0431 e. The molecule has 60 valence electrons. The average molecular weight is 150 g/mol. The van der Waals surface area contributed by atoms with Gasteiger partial charge in [0, 0.05) is 6.04 Å². The van der Waals surface area contributed by atoms with Crippen molar-refractivity contribution in [3.05, 3.63) is 35.4 Å². The molecule has 2 heteroatoms. The van der Waals surface area contributed by atoms with E-state index in [9.17, 15) is 0 Å². The van der Waals surface area contributed by atoms with Gasteiger partial charge in [-0.05, 0) is 19.4 Å². The van der Waals surface area contributed by atoms with Gasteiger partial charge in [-0.15, -0.1) is 0 Å². The maximum absolute atomic E-state index is 5.29. The Kier molecular flexibility index (Phi) is 2.63. The van der Waals surface area contributed by atoms with Gasteiger partial charge in [-0.1, -0.05) is 29.8 Å². The highest BCUT2D eigenvalue weighted by atomic mass is 15.2. The predicted molar refractivity (Wildman–Crippen MR) is 46.9 cm³/mol. The van der Waals surface area contributed by atoms with Gasteiger partial charge < -0.3 is 0 Å². The zero-order chi connectivity index (χ0) is 8.27. The highest BCUT2D eigenvalue weighted by Gasteiger charge is 1.99. The van der Waals surface area contributed by atoms with Gasteiger partial charge in [0.05, 0.1) is 0 Å². The molecule has 3 N–H and O–H groups in total. The predicted octanol–water partition coefficient (Wildman–Crippen LogP) is 1.52. The van der Waals surface area contributed by atoms with Gasteiger partial charge in [-0.2, -0.15) is 0 Å². The average Bonchev–Trinajstić information content (AvgIpc) is 2.05. The van der Waals surface area contributed by atoms with Gasteiger partial charge in [0.2, 0.25) is 0 Å². The number of nitrogens with one attached hydrogen (secondary N) is 1. The lowest BCUT2D eigenvalue weighted by Gasteiger charge is -2.09. The Morgan fingerprint density at radius 1 is 1.27 bits per heavy atom. The maximum Gasteiger partial charge on any atom is 0.0431 e. The summed E-state index contributed by atoms with van der Waals surface area (Å²) in [6, 6.07) is 8.57. The van der Waals surface area contributed by atoms with E-state index >= 15 is 0 Å². The highest BCUT2D eigenvalue weighted by Crippen LogP contribution is 2.11. The topological polar surface area (TPSA) is 38.0 Å². The van der Waals surface area contributed by atoms with Gasteiger partial charge in [-0.25, -0.2) is 0 Å². The number of rotatable bonds is 2. The largest absolute Gasteiger partial charge is 0.271 e. The van der Waals surface area contributed by atoms with Crippen LogP contribution in [0.4, 0.5) is 0 Å². The van der Waals surface area contributed by atoms with E-state index in [0.717, 1.165) is 0 Å². The van der Waals surface area contributed by atoms with E-state index < -0.39 is 0 Å². The molecule has 0 bridgehead atoms. The first-order chi connectivity index (χ1) is 5.24. The van der Waals surface area contributed by atoms with E-state index in [-0.39, 0.29) is 6.04 Å². The Morgan fingerprint density at radius 2 is 1.82 bits per heavy atom. The summed E-state index contributed by atoms with van der Waals surface area (Å²) in [5, 5.41) is 0. The van der Waals surface area contributed by atoms with Crippen molar-refractivity contribution >= 4 is 0 Å². The molecule has 0 saturated heterocycles. The van der Waals surface area contributed by atoms with Crippen LogP contribution in [-0.4, -0.2) is 0 Å². The zero-order valence-electron chi connectivity index (χ0n) is 6.96. The van der Waals surface area contributed by atoms with Crippen LogP contribution in [0.1, 0.15) is 24.1 Å². The maximum atomic E-state index is 5.29. The van der Waals surface area contributed by atoms with Gasteiger partial charge in [0.1, 0.15) is 0 Å². The standard InChI is InChI=1S/C9H14N2/c1-7-3-5-9(6-4-7)8(2)11-10/h3-6,8,11H,10H2,1-2H3. The monoisotopic (exact) mass is 150 g/mol.